The Bertz CT molecular complexity index is 623. The second-order valence-electron chi connectivity index (χ2n) is 3.91. The van der Waals surface area contributed by atoms with Gasteiger partial charge in [0.25, 0.3) is 5.91 Å². The molecule has 0 aliphatic heterocycles. The minimum absolute atomic E-state index is 0.418. The van der Waals surface area contributed by atoms with Gasteiger partial charge in [-0.15, -0.1) is 0 Å². The fourth-order valence-corrected chi connectivity index (χ4v) is 1.64. The van der Waals surface area contributed by atoms with Crippen LogP contribution in [0.15, 0.2) is 18.2 Å². The van der Waals surface area contributed by atoms with Gasteiger partial charge in [-0.1, -0.05) is 18.2 Å². The van der Waals surface area contributed by atoms with Gasteiger partial charge in [0.15, 0.2) is 0 Å². The van der Waals surface area contributed by atoms with Crippen LogP contribution < -0.4 is 4.90 Å². The molecule has 0 spiro atoms. The molecule has 0 saturated carbocycles. The highest BCUT2D eigenvalue weighted by Crippen LogP contribution is 2.26. The van der Waals surface area contributed by atoms with E-state index in [0.717, 1.165) is 19.1 Å². The third-order valence-corrected chi connectivity index (χ3v) is 2.56. The van der Waals surface area contributed by atoms with Crippen molar-refractivity contribution in [2.45, 2.75) is 26.7 Å². The highest BCUT2D eigenvalue weighted by Gasteiger charge is 2.28. The van der Waals surface area contributed by atoms with Crippen molar-refractivity contribution in [3.05, 3.63) is 29.3 Å². The van der Waals surface area contributed by atoms with E-state index < -0.39 is 55.0 Å². The second kappa shape index (κ2) is 6.33. The van der Waals surface area contributed by atoms with Crippen molar-refractivity contribution in [1.29, 1.82) is 0 Å². The number of carboxylic acid groups (broad SMARTS) is 1. The number of rotatable bonds is 5. The van der Waals surface area contributed by atoms with Crippen LogP contribution in [0.4, 0.5) is 5.69 Å². The fraction of sp³-hybridized carbons (Fsp3) is 0.429. The number of ether oxygens (including phenoxy) is 1. The summed E-state index contributed by atoms with van der Waals surface area (Å²) < 4.78 is 50.5. The monoisotopic (exact) mass is 271 g/mol. The predicted molar refractivity (Wildman–Crippen MR) is 72.4 cm³/mol. The van der Waals surface area contributed by atoms with Crippen LogP contribution in [-0.4, -0.2) is 36.7 Å². The maximum absolute atomic E-state index is 12.4. The summed E-state index contributed by atoms with van der Waals surface area (Å²) in [6, 6.07) is 2.06. The maximum atomic E-state index is 12.4. The van der Waals surface area contributed by atoms with Crippen molar-refractivity contribution < 1.29 is 27.7 Å². The number of aryl methyl sites for hydroxylation is 2. The first-order chi connectivity index (χ1) is 11.3. The molecule has 1 N–H and O–H groups in total. The Morgan fingerprint density at radius 3 is 2.42 bits per heavy atom. The van der Waals surface area contributed by atoms with Gasteiger partial charge in [0.05, 0.1) is 5.69 Å². The molecule has 0 aliphatic carbocycles. The molecule has 0 aliphatic rings. The van der Waals surface area contributed by atoms with Crippen molar-refractivity contribution in [2.24, 2.45) is 0 Å². The Labute approximate surface area is 121 Å². The highest BCUT2D eigenvalue weighted by molar-refractivity contribution is 6.00. The third kappa shape index (κ3) is 3.32. The normalized spacial score (nSPS) is 18.0. The number of anilines is 1. The van der Waals surface area contributed by atoms with Crippen LogP contribution >= 0.6 is 0 Å². The first-order valence-electron chi connectivity index (χ1n) is 8.50. The minimum Gasteiger partial charge on any atom is -0.480 e. The molecule has 1 aromatic carbocycles. The zero-order valence-corrected chi connectivity index (χ0v) is 10.6. The molecule has 0 radical (unpaired) electrons. The number of methoxy groups -OCH3 is 1. The molecule has 1 aromatic rings. The molecule has 0 bridgehead atoms. The van der Waals surface area contributed by atoms with Gasteiger partial charge in [0.2, 0.25) is 0 Å². The number of aliphatic carboxylic acids is 1. The summed E-state index contributed by atoms with van der Waals surface area (Å²) in [7, 11) is 1.21. The zero-order chi connectivity index (χ0) is 19.6. The number of carbonyl (C=O) groups excluding carboxylic acids is 1. The van der Waals surface area contributed by atoms with Gasteiger partial charge in [0.1, 0.15) is 12.6 Å². The first kappa shape index (κ1) is 8.32. The van der Waals surface area contributed by atoms with E-state index in [9.17, 15) is 14.7 Å². The molecule has 1 amide bonds. The molecule has 0 heterocycles. The predicted octanol–water partition coefficient (Wildman–Crippen LogP) is 1.76. The molecule has 5 nitrogen and oxygen atoms in total. The fourth-order valence-electron chi connectivity index (χ4n) is 1.64. The lowest BCUT2D eigenvalue weighted by Crippen LogP contribution is -2.45. The Morgan fingerprint density at radius 1 is 1.42 bits per heavy atom. The standard InChI is InChI=1S/C14H19NO4/c1-9-6-5-7-10(2)13(9)15(11(3)14(17)18)12(16)8-19-4/h5-7,11H,8H2,1-4H3,(H,17,18)/i1D3,2D3. The van der Waals surface area contributed by atoms with Gasteiger partial charge in [-0.2, -0.15) is 0 Å². The Balaban J connectivity index is 3.82. The zero-order valence-electron chi connectivity index (χ0n) is 16.6. The molecule has 0 saturated heterocycles. The van der Waals surface area contributed by atoms with E-state index in [1.54, 1.807) is 0 Å². The molecular weight excluding hydrogens is 246 g/mol. The summed E-state index contributed by atoms with van der Waals surface area (Å²) >= 11 is 0. The van der Waals surface area contributed by atoms with E-state index in [0.29, 0.717) is 4.90 Å². The highest BCUT2D eigenvalue weighted by atomic mass is 16.5. The third-order valence-electron chi connectivity index (χ3n) is 2.56. The van der Waals surface area contributed by atoms with Crippen LogP contribution in [0.5, 0.6) is 0 Å². The number of amides is 1. The van der Waals surface area contributed by atoms with E-state index in [-0.39, 0.29) is 0 Å². The first-order valence-corrected chi connectivity index (χ1v) is 5.50. The lowest BCUT2D eigenvalue weighted by Gasteiger charge is -2.29. The number of para-hydroxylation sites is 1. The second-order valence-corrected chi connectivity index (χ2v) is 3.91. The average molecular weight is 271 g/mol. The summed E-state index contributed by atoms with van der Waals surface area (Å²) in [6.07, 6.45) is 0. The number of nitrogens with zero attached hydrogens (tertiary/aromatic N) is 1. The number of carboxylic acids is 1. The molecule has 104 valence electrons. The topological polar surface area (TPSA) is 66.8 Å². The van der Waals surface area contributed by atoms with Crippen LogP contribution in [0.1, 0.15) is 26.3 Å². The van der Waals surface area contributed by atoms with Crippen molar-refractivity contribution >= 4 is 17.6 Å². The van der Waals surface area contributed by atoms with E-state index in [4.69, 9.17) is 13.0 Å². The van der Waals surface area contributed by atoms with Crippen molar-refractivity contribution in [3.63, 3.8) is 0 Å². The molecule has 1 unspecified atom stereocenters. The van der Waals surface area contributed by atoms with Gasteiger partial charge in [-0.3, -0.25) is 9.69 Å². The molecule has 1 atom stereocenters. The van der Waals surface area contributed by atoms with E-state index in [1.165, 1.54) is 13.2 Å². The molecule has 5 heteroatoms. The average Bonchev–Trinajstić information content (AvgIpc) is 2.45. The van der Waals surface area contributed by atoms with Gasteiger partial charge in [-0.25, -0.2) is 4.79 Å². The Morgan fingerprint density at radius 2 is 2.00 bits per heavy atom. The van der Waals surface area contributed by atoms with Gasteiger partial charge in [-0.05, 0) is 31.8 Å². The Hall–Kier alpha value is -1.88. The van der Waals surface area contributed by atoms with Gasteiger partial charge >= 0.3 is 5.97 Å². The summed E-state index contributed by atoms with van der Waals surface area (Å²) in [5, 5.41) is 9.30. The molecule has 19 heavy (non-hydrogen) atoms. The van der Waals surface area contributed by atoms with Crippen molar-refractivity contribution in [3.8, 4) is 0 Å². The SMILES string of the molecule is [2H]C([2H])([2H])c1cccc(C([2H])([2H])[2H])c1N(C(=O)COC)C(C)C(=O)O. The van der Waals surface area contributed by atoms with Crippen LogP contribution in [0.25, 0.3) is 0 Å². The molecule has 0 aromatic heterocycles. The van der Waals surface area contributed by atoms with E-state index in [2.05, 4.69) is 0 Å². The minimum atomic E-state index is -2.75. The smallest absolute Gasteiger partial charge is 0.326 e. The van der Waals surface area contributed by atoms with Crippen LogP contribution in [0.3, 0.4) is 0 Å². The van der Waals surface area contributed by atoms with Crippen LogP contribution in [0.2, 0.25) is 0 Å². The summed E-state index contributed by atoms with van der Waals surface area (Å²) in [4.78, 5) is 24.5. The Kier molecular flexibility index (Phi) is 2.77. The maximum Gasteiger partial charge on any atom is 0.326 e. The molecule has 0 fully saturated rings. The number of hydrogen-bond donors (Lipinski definition) is 1. The quantitative estimate of drug-likeness (QED) is 0.886. The van der Waals surface area contributed by atoms with Gasteiger partial charge in [0, 0.05) is 15.3 Å². The van der Waals surface area contributed by atoms with Crippen LogP contribution in [0, 0.1) is 13.7 Å². The van der Waals surface area contributed by atoms with Gasteiger partial charge < -0.3 is 9.84 Å². The molecule has 1 rings (SSSR count). The van der Waals surface area contributed by atoms with Crippen LogP contribution in [-0.2, 0) is 14.3 Å². The summed E-state index contributed by atoms with van der Waals surface area (Å²) in [6.45, 7) is -4.87. The van der Waals surface area contributed by atoms with Crippen molar-refractivity contribution in [1.82, 2.24) is 0 Å². The lowest BCUT2D eigenvalue weighted by atomic mass is 10.1. The summed E-state index contributed by atoms with van der Waals surface area (Å²) in [5.74, 6) is -2.28. The van der Waals surface area contributed by atoms with Crippen molar-refractivity contribution in [2.75, 3.05) is 18.6 Å². The van der Waals surface area contributed by atoms with E-state index in [1.807, 2.05) is 0 Å². The molecular formula is C14H19NO4. The number of hydrogen-bond acceptors (Lipinski definition) is 3. The number of carbonyl (C=O) groups is 2. The van der Waals surface area contributed by atoms with E-state index >= 15 is 0 Å². The summed E-state index contributed by atoms with van der Waals surface area (Å²) in [5.41, 5.74) is -1.28. The largest absolute Gasteiger partial charge is 0.480 e. The lowest BCUT2D eigenvalue weighted by molar-refractivity contribution is -0.140. The number of benzene rings is 1.